The monoisotopic (exact) mass is 529 g/mol. The van der Waals surface area contributed by atoms with E-state index < -0.39 is 23.9 Å². The average Bonchev–Trinajstić information content (AvgIpc) is 3.31. The number of benzene rings is 2. The van der Waals surface area contributed by atoms with Crippen molar-refractivity contribution in [2.24, 2.45) is 0 Å². The molecule has 1 saturated carbocycles. The zero-order valence-corrected chi connectivity index (χ0v) is 21.1. The predicted octanol–water partition coefficient (Wildman–Crippen LogP) is 5.22. The molecule has 1 aliphatic carbocycles. The minimum Gasteiger partial charge on any atom is -0.437 e. The summed E-state index contributed by atoms with van der Waals surface area (Å²) in [6.45, 7) is -0.676. The van der Waals surface area contributed by atoms with E-state index in [9.17, 15) is 23.6 Å². The van der Waals surface area contributed by atoms with Gasteiger partial charge in [0.2, 0.25) is 5.71 Å². The van der Waals surface area contributed by atoms with E-state index in [1.165, 1.54) is 31.3 Å². The Kier molecular flexibility index (Phi) is 6.98. The summed E-state index contributed by atoms with van der Waals surface area (Å²) < 4.78 is 32.7. The molecule has 0 atom stereocenters. The van der Waals surface area contributed by atoms with Gasteiger partial charge in [-0.1, -0.05) is 12.1 Å². The van der Waals surface area contributed by atoms with Gasteiger partial charge in [0, 0.05) is 30.3 Å². The smallest absolute Gasteiger partial charge is 0.255 e. The third-order valence-corrected chi connectivity index (χ3v) is 6.84. The molecule has 0 bridgehead atoms. The second-order valence-corrected chi connectivity index (χ2v) is 9.33. The Labute approximate surface area is 223 Å². The fourth-order valence-corrected chi connectivity index (χ4v) is 4.61. The summed E-state index contributed by atoms with van der Waals surface area (Å²) in [6.07, 6.45) is 2.08. The third kappa shape index (κ3) is 4.91. The number of nitrogens with one attached hydrogen (secondary N) is 3. The van der Waals surface area contributed by atoms with Gasteiger partial charge in [0.05, 0.1) is 17.0 Å². The highest BCUT2D eigenvalue weighted by molar-refractivity contribution is 6.11. The Bertz CT molecular complexity index is 1600. The number of halogens is 2. The molecule has 4 aromatic rings. The summed E-state index contributed by atoms with van der Waals surface area (Å²) in [5.74, 6) is -0.732. The fourth-order valence-electron chi connectivity index (χ4n) is 4.61. The molecule has 2 heterocycles. The zero-order valence-electron chi connectivity index (χ0n) is 21.1. The molecule has 5 rings (SSSR count). The zero-order chi connectivity index (χ0) is 27.6. The number of nitriles is 1. The van der Waals surface area contributed by atoms with Crippen LogP contribution in [0.15, 0.2) is 59.0 Å². The lowest BCUT2D eigenvalue weighted by atomic mass is 9.78. The van der Waals surface area contributed by atoms with Crippen LogP contribution in [-0.2, 0) is 0 Å². The Morgan fingerprint density at radius 2 is 1.87 bits per heavy atom. The van der Waals surface area contributed by atoms with Crippen LogP contribution in [0.2, 0.25) is 0 Å². The van der Waals surface area contributed by atoms with Crippen molar-refractivity contribution in [3.8, 4) is 28.5 Å². The van der Waals surface area contributed by atoms with Gasteiger partial charge < -0.3 is 20.4 Å². The molecule has 2 amide bonds. The van der Waals surface area contributed by atoms with Crippen LogP contribution in [0.5, 0.6) is 0 Å². The van der Waals surface area contributed by atoms with Crippen molar-refractivity contribution >= 4 is 28.7 Å². The quantitative estimate of drug-likeness (QED) is 0.288. The number of alkyl halides is 1. The molecule has 2 aromatic heterocycles. The summed E-state index contributed by atoms with van der Waals surface area (Å²) in [4.78, 5) is 30.5. The molecular formula is C29H25F2N5O3. The van der Waals surface area contributed by atoms with Gasteiger partial charge in [-0.3, -0.25) is 9.59 Å². The topological polar surface area (TPSA) is 120 Å². The van der Waals surface area contributed by atoms with Crippen LogP contribution in [0, 0.1) is 17.1 Å². The molecule has 0 unspecified atom stereocenters. The molecule has 0 spiro atoms. The molecule has 0 saturated heterocycles. The predicted molar refractivity (Wildman–Crippen MR) is 142 cm³/mol. The van der Waals surface area contributed by atoms with Crippen LogP contribution in [0.3, 0.4) is 0 Å². The van der Waals surface area contributed by atoms with Crippen molar-refractivity contribution in [1.29, 1.82) is 5.26 Å². The summed E-state index contributed by atoms with van der Waals surface area (Å²) >= 11 is 0. The number of amides is 2. The molecule has 8 nitrogen and oxygen atoms in total. The minimum absolute atomic E-state index is 0.0236. The van der Waals surface area contributed by atoms with Crippen molar-refractivity contribution in [3.05, 3.63) is 71.5 Å². The Balaban J connectivity index is 1.64. The molecule has 3 N–H and O–H groups in total. The number of rotatable bonds is 8. The van der Waals surface area contributed by atoms with E-state index >= 15 is 0 Å². The summed E-state index contributed by atoms with van der Waals surface area (Å²) in [6, 6.07) is 16.2. The van der Waals surface area contributed by atoms with Crippen molar-refractivity contribution in [2.45, 2.75) is 24.8 Å². The SMILES string of the molecule is CNC(=O)c1c(-c2ccc(F)cc2)oc2nc(NCCF)c(-c3cccc(C(=O)NC4(C#N)CCC4)c3)cc12. The molecular weight excluding hydrogens is 504 g/mol. The number of hydrogen-bond acceptors (Lipinski definition) is 6. The average molecular weight is 530 g/mol. The first-order valence-electron chi connectivity index (χ1n) is 12.5. The van der Waals surface area contributed by atoms with Crippen LogP contribution in [0.1, 0.15) is 40.0 Å². The number of nitrogens with zero attached hydrogens (tertiary/aromatic N) is 2. The number of fused-ring (bicyclic) bond motifs is 1. The van der Waals surface area contributed by atoms with Crippen LogP contribution in [0.4, 0.5) is 14.6 Å². The normalized spacial score (nSPS) is 13.8. The molecule has 2 aromatic carbocycles. The fraction of sp³-hybridized carbons (Fsp3) is 0.241. The molecule has 0 radical (unpaired) electrons. The molecule has 1 fully saturated rings. The summed E-state index contributed by atoms with van der Waals surface area (Å²) in [5, 5.41) is 18.3. The van der Waals surface area contributed by atoms with E-state index in [-0.39, 0.29) is 29.5 Å². The van der Waals surface area contributed by atoms with Gasteiger partial charge in [-0.2, -0.15) is 10.2 Å². The highest BCUT2D eigenvalue weighted by Crippen LogP contribution is 2.38. The van der Waals surface area contributed by atoms with Gasteiger partial charge in [0.1, 0.15) is 29.6 Å². The van der Waals surface area contributed by atoms with E-state index in [0.29, 0.717) is 46.3 Å². The lowest BCUT2D eigenvalue weighted by molar-refractivity contribution is 0.0880. The first-order chi connectivity index (χ1) is 18.9. The van der Waals surface area contributed by atoms with Gasteiger partial charge in [-0.05, 0) is 67.3 Å². The minimum atomic E-state index is -0.850. The maximum Gasteiger partial charge on any atom is 0.255 e. The van der Waals surface area contributed by atoms with Crippen molar-refractivity contribution in [3.63, 3.8) is 0 Å². The van der Waals surface area contributed by atoms with Gasteiger partial charge >= 0.3 is 0 Å². The number of carbonyl (C=O) groups is 2. The summed E-state index contributed by atoms with van der Waals surface area (Å²) in [5.41, 5.74) is 1.42. The van der Waals surface area contributed by atoms with Crippen molar-refractivity contribution in [1.82, 2.24) is 15.6 Å². The standard InChI is InChI=1S/C29H25F2N5O3/c1-33-27(38)23-22-15-21(18-4-2-5-19(14-18)26(37)36-29(16-32)10-3-11-29)25(34-13-12-30)35-28(22)39-24(23)17-6-8-20(31)9-7-17/h2,4-9,14-15H,3,10-13H2,1H3,(H,33,38)(H,34,35)(H,36,37). The first kappa shape index (κ1) is 25.9. The number of hydrogen-bond donors (Lipinski definition) is 3. The van der Waals surface area contributed by atoms with E-state index in [4.69, 9.17) is 4.42 Å². The van der Waals surface area contributed by atoms with Crippen LogP contribution in [-0.4, -0.2) is 42.6 Å². The maximum atomic E-state index is 13.6. The van der Waals surface area contributed by atoms with E-state index in [2.05, 4.69) is 27.0 Å². The molecule has 0 aliphatic heterocycles. The molecule has 198 valence electrons. The Morgan fingerprint density at radius 1 is 1.10 bits per heavy atom. The number of pyridine rings is 1. The largest absolute Gasteiger partial charge is 0.437 e. The Hall–Kier alpha value is -4.78. The number of furan rings is 1. The van der Waals surface area contributed by atoms with Gasteiger partial charge in [0.25, 0.3) is 11.8 Å². The van der Waals surface area contributed by atoms with Crippen LogP contribution in [0.25, 0.3) is 33.6 Å². The number of carbonyl (C=O) groups excluding carboxylic acids is 2. The first-order valence-corrected chi connectivity index (χ1v) is 12.5. The number of aromatic nitrogens is 1. The lowest BCUT2D eigenvalue weighted by Crippen LogP contribution is -2.52. The summed E-state index contributed by atoms with van der Waals surface area (Å²) in [7, 11) is 1.49. The second-order valence-electron chi connectivity index (χ2n) is 9.33. The van der Waals surface area contributed by atoms with E-state index in [1.54, 1.807) is 30.3 Å². The molecule has 1 aliphatic rings. The highest BCUT2D eigenvalue weighted by Gasteiger charge is 2.38. The van der Waals surface area contributed by atoms with Crippen molar-refractivity contribution in [2.75, 3.05) is 25.6 Å². The van der Waals surface area contributed by atoms with Crippen LogP contribution >= 0.6 is 0 Å². The molecule has 39 heavy (non-hydrogen) atoms. The Morgan fingerprint density at radius 3 is 2.51 bits per heavy atom. The second kappa shape index (κ2) is 10.5. The maximum absolute atomic E-state index is 13.6. The molecule has 10 heteroatoms. The lowest BCUT2D eigenvalue weighted by Gasteiger charge is -2.35. The van der Waals surface area contributed by atoms with Gasteiger partial charge in [0.15, 0.2) is 0 Å². The third-order valence-electron chi connectivity index (χ3n) is 6.84. The highest BCUT2D eigenvalue weighted by atomic mass is 19.1. The van der Waals surface area contributed by atoms with E-state index in [0.717, 1.165) is 6.42 Å². The van der Waals surface area contributed by atoms with Gasteiger partial charge in [-0.25, -0.2) is 8.78 Å². The van der Waals surface area contributed by atoms with Crippen LogP contribution < -0.4 is 16.0 Å². The van der Waals surface area contributed by atoms with Crippen molar-refractivity contribution < 1.29 is 22.8 Å². The van der Waals surface area contributed by atoms with E-state index in [1.807, 2.05) is 0 Å². The number of anilines is 1. The van der Waals surface area contributed by atoms with Gasteiger partial charge in [-0.15, -0.1) is 0 Å².